The van der Waals surface area contributed by atoms with Crippen LogP contribution in [0.5, 0.6) is 0 Å². The molecule has 1 aliphatic heterocycles. The van der Waals surface area contributed by atoms with Crippen LogP contribution in [0.2, 0.25) is 0 Å². The minimum absolute atomic E-state index is 0.0422. The zero-order valence-corrected chi connectivity index (χ0v) is 22.0. The third-order valence-corrected chi connectivity index (χ3v) is 7.87. The normalized spacial score (nSPS) is 14.1. The summed E-state index contributed by atoms with van der Waals surface area (Å²) in [7, 11) is -3.91. The number of aryl methyl sites for hydroxylation is 1. The summed E-state index contributed by atoms with van der Waals surface area (Å²) < 4.78 is 28.8. The molecule has 0 unspecified atom stereocenters. The van der Waals surface area contributed by atoms with Gasteiger partial charge >= 0.3 is 0 Å². The quantitative estimate of drug-likeness (QED) is 0.408. The molecule has 4 rings (SSSR count). The minimum Gasteiger partial charge on any atom is -0.368 e. The molecule has 3 aromatic carbocycles. The molecule has 0 radical (unpaired) electrons. The monoisotopic (exact) mass is 516 g/mol. The van der Waals surface area contributed by atoms with Gasteiger partial charge in [-0.3, -0.25) is 14.5 Å². The van der Waals surface area contributed by atoms with Gasteiger partial charge in [0.05, 0.1) is 5.69 Å². The van der Waals surface area contributed by atoms with Crippen molar-refractivity contribution in [2.75, 3.05) is 35.8 Å². The lowest BCUT2D eigenvalue weighted by Crippen LogP contribution is -2.48. The van der Waals surface area contributed by atoms with Gasteiger partial charge in [0.1, 0.15) is 4.90 Å². The van der Waals surface area contributed by atoms with Crippen LogP contribution >= 0.6 is 0 Å². The number of anilines is 2. The maximum Gasteiger partial charge on any atom is 0.264 e. The Morgan fingerprint density at radius 1 is 1.03 bits per heavy atom. The zero-order valence-electron chi connectivity index (χ0n) is 21.2. The van der Waals surface area contributed by atoms with Gasteiger partial charge in [-0.05, 0) is 68.1 Å². The Labute approximate surface area is 219 Å². The predicted molar refractivity (Wildman–Crippen MR) is 152 cm³/mol. The maximum atomic E-state index is 13.1. The number of carbonyl (C=O) groups excluding carboxylic acids is 1. The Hall–Kier alpha value is -3.91. The number of sulfonamides is 1. The van der Waals surface area contributed by atoms with E-state index in [4.69, 9.17) is 0 Å². The molecule has 1 saturated heterocycles. The molecule has 1 fully saturated rings. The average molecular weight is 517 g/mol. The van der Waals surface area contributed by atoms with Crippen LogP contribution in [0, 0.1) is 0 Å². The fourth-order valence-electron chi connectivity index (χ4n) is 4.45. The molecule has 0 aliphatic carbocycles. The lowest BCUT2D eigenvalue weighted by atomic mass is 10.1. The van der Waals surface area contributed by atoms with E-state index in [1.54, 1.807) is 42.5 Å². The van der Waals surface area contributed by atoms with E-state index in [0.717, 1.165) is 19.5 Å². The third kappa shape index (κ3) is 5.91. The number of para-hydroxylation sites is 1. The van der Waals surface area contributed by atoms with Crippen LogP contribution in [-0.4, -0.2) is 52.1 Å². The highest BCUT2D eigenvalue weighted by atomic mass is 32.2. The number of hydrogen-bond donors (Lipinski definition) is 1. The fraction of sp³-hybridized carbons (Fsp3) is 0.241. The van der Waals surface area contributed by atoms with Crippen LogP contribution in [0.1, 0.15) is 35.3 Å². The van der Waals surface area contributed by atoms with Gasteiger partial charge < -0.3 is 9.80 Å². The Morgan fingerprint density at radius 2 is 1.73 bits per heavy atom. The van der Waals surface area contributed by atoms with Crippen molar-refractivity contribution in [2.45, 2.75) is 25.2 Å². The molecular weight excluding hydrogens is 484 g/mol. The van der Waals surface area contributed by atoms with Crippen molar-refractivity contribution in [1.29, 1.82) is 0 Å². The first-order chi connectivity index (χ1) is 17.9. The molecular formula is C29H32N4O3S. The van der Waals surface area contributed by atoms with Gasteiger partial charge in [0.2, 0.25) is 0 Å². The molecule has 7 nitrogen and oxygen atoms in total. The zero-order chi connectivity index (χ0) is 26.4. The summed E-state index contributed by atoms with van der Waals surface area (Å²) in [5.74, 6) is -0.0615. The van der Waals surface area contributed by atoms with Gasteiger partial charge in [-0.1, -0.05) is 43.3 Å². The number of nitrogens with one attached hydrogen (secondary N) is 1. The predicted octanol–water partition coefficient (Wildman–Crippen LogP) is 5.38. The van der Waals surface area contributed by atoms with Gasteiger partial charge in [-0.2, -0.15) is 0 Å². The second-order valence-corrected chi connectivity index (χ2v) is 10.5. The molecule has 0 bridgehead atoms. The largest absolute Gasteiger partial charge is 0.368 e. The molecule has 1 aliphatic rings. The van der Waals surface area contributed by atoms with Crippen molar-refractivity contribution in [3.8, 4) is 0 Å². The Bertz CT molecular complexity index is 1410. The SMILES string of the molecule is C=Nc1c(/C=C\C)cccc1S(=O)(=O)Nc1ccc(C(=O)N2CCN(c3cccc(CC)c3)CC2)cc1. The smallest absolute Gasteiger partial charge is 0.264 e. The summed E-state index contributed by atoms with van der Waals surface area (Å²) in [5, 5.41) is 0. The summed E-state index contributed by atoms with van der Waals surface area (Å²) in [6.45, 7) is 10.3. The van der Waals surface area contributed by atoms with Crippen LogP contribution in [0.25, 0.3) is 6.08 Å². The lowest BCUT2D eigenvalue weighted by Gasteiger charge is -2.36. The third-order valence-electron chi connectivity index (χ3n) is 6.46. The first-order valence-electron chi connectivity index (χ1n) is 12.3. The molecule has 0 aromatic heterocycles. The summed E-state index contributed by atoms with van der Waals surface area (Å²) in [6.07, 6.45) is 4.59. The van der Waals surface area contributed by atoms with Crippen molar-refractivity contribution in [1.82, 2.24) is 4.90 Å². The van der Waals surface area contributed by atoms with Crippen molar-refractivity contribution in [3.05, 3.63) is 89.5 Å². The molecule has 8 heteroatoms. The molecule has 1 amide bonds. The lowest BCUT2D eigenvalue weighted by molar-refractivity contribution is 0.0747. The van der Waals surface area contributed by atoms with E-state index in [1.807, 2.05) is 17.9 Å². The molecule has 1 N–H and O–H groups in total. The molecule has 3 aromatic rings. The number of aliphatic imine (C=N–C) groups is 1. The van der Waals surface area contributed by atoms with E-state index in [-0.39, 0.29) is 10.8 Å². The number of carbonyl (C=O) groups is 1. The van der Waals surface area contributed by atoms with E-state index < -0.39 is 10.0 Å². The van der Waals surface area contributed by atoms with E-state index in [2.05, 4.69) is 52.5 Å². The summed E-state index contributed by atoms with van der Waals surface area (Å²) in [4.78, 5) is 21.2. The van der Waals surface area contributed by atoms with E-state index in [1.165, 1.54) is 17.3 Å². The van der Waals surface area contributed by atoms with E-state index in [0.29, 0.717) is 35.6 Å². The van der Waals surface area contributed by atoms with Crippen molar-refractivity contribution < 1.29 is 13.2 Å². The number of piperazine rings is 1. The Morgan fingerprint density at radius 3 is 2.38 bits per heavy atom. The number of hydrogen-bond acceptors (Lipinski definition) is 5. The first kappa shape index (κ1) is 26.2. The van der Waals surface area contributed by atoms with Crippen molar-refractivity contribution in [2.24, 2.45) is 4.99 Å². The fourth-order valence-corrected chi connectivity index (χ4v) is 5.70. The van der Waals surface area contributed by atoms with E-state index in [9.17, 15) is 13.2 Å². The van der Waals surface area contributed by atoms with Crippen LogP contribution < -0.4 is 9.62 Å². The first-order valence-corrected chi connectivity index (χ1v) is 13.8. The molecule has 0 saturated carbocycles. The minimum atomic E-state index is -3.91. The highest BCUT2D eigenvalue weighted by Crippen LogP contribution is 2.31. The summed E-state index contributed by atoms with van der Waals surface area (Å²) >= 11 is 0. The maximum absolute atomic E-state index is 13.1. The molecule has 192 valence electrons. The Balaban J connectivity index is 1.42. The molecule has 1 heterocycles. The van der Waals surface area contributed by atoms with Gasteiger partial charge in [0.25, 0.3) is 15.9 Å². The number of benzene rings is 3. The highest BCUT2D eigenvalue weighted by molar-refractivity contribution is 7.92. The molecule has 0 atom stereocenters. The summed E-state index contributed by atoms with van der Waals surface area (Å²) in [6, 6.07) is 20.0. The highest BCUT2D eigenvalue weighted by Gasteiger charge is 2.23. The van der Waals surface area contributed by atoms with Crippen molar-refractivity contribution in [3.63, 3.8) is 0 Å². The van der Waals surface area contributed by atoms with Crippen LogP contribution in [-0.2, 0) is 16.4 Å². The van der Waals surface area contributed by atoms with Crippen molar-refractivity contribution >= 4 is 45.8 Å². The van der Waals surface area contributed by atoms with E-state index >= 15 is 0 Å². The van der Waals surface area contributed by atoms with Gasteiger partial charge in [0, 0.05) is 48.7 Å². The van der Waals surface area contributed by atoms with Gasteiger partial charge in [0.15, 0.2) is 0 Å². The average Bonchev–Trinajstić information content (AvgIpc) is 2.93. The van der Waals surface area contributed by atoms with Gasteiger partial charge in [-0.25, -0.2) is 8.42 Å². The Kier molecular flexibility index (Phi) is 8.08. The summed E-state index contributed by atoms with van der Waals surface area (Å²) in [5.41, 5.74) is 4.33. The molecule has 0 spiro atoms. The van der Waals surface area contributed by atoms with Crippen LogP contribution in [0.4, 0.5) is 17.1 Å². The van der Waals surface area contributed by atoms with Crippen LogP contribution in [0.15, 0.2) is 82.7 Å². The second-order valence-electron chi connectivity index (χ2n) is 8.84. The topological polar surface area (TPSA) is 82.1 Å². The van der Waals surface area contributed by atoms with Crippen LogP contribution in [0.3, 0.4) is 0 Å². The number of allylic oxidation sites excluding steroid dienone is 1. The van der Waals surface area contributed by atoms with Gasteiger partial charge in [-0.15, -0.1) is 0 Å². The molecule has 37 heavy (non-hydrogen) atoms. The standard InChI is InChI=1S/C29H32N4O3S/c1-4-8-23-10-7-12-27(28(23)30-3)37(35,36)31-25-15-13-24(14-16-25)29(34)33-19-17-32(18-20-33)26-11-6-9-22(5-2)21-26/h4,6-16,21,31H,3,5,17-20H2,1-2H3/b8-4-. The number of rotatable bonds is 8. The number of amides is 1. The second kappa shape index (κ2) is 11.4. The number of nitrogens with zero attached hydrogens (tertiary/aromatic N) is 3.